The van der Waals surface area contributed by atoms with E-state index in [-0.39, 0.29) is 10.8 Å². The molecule has 0 aliphatic carbocycles. The number of benzene rings is 8. The van der Waals surface area contributed by atoms with Crippen LogP contribution >= 0.6 is 0 Å². The molecule has 0 aliphatic rings. The van der Waals surface area contributed by atoms with Crippen molar-refractivity contribution >= 4 is 115 Å². The van der Waals surface area contributed by atoms with Gasteiger partial charge >= 0.3 is 0 Å². The summed E-state index contributed by atoms with van der Waals surface area (Å²) >= 11 is 0. The zero-order valence-corrected chi connectivity index (χ0v) is 35.3. The van der Waals surface area contributed by atoms with Crippen molar-refractivity contribution < 1.29 is 0 Å². The summed E-state index contributed by atoms with van der Waals surface area (Å²) in [6.45, 7) is 13.9. The Balaban J connectivity index is 1.28. The SMILES string of the molecule is CC(C)(C)c1ccc2c(c1)c1cc3ccccc3c3c4cc5c(nc4n2c13)c1c2ccccc2cc2c3cc(C(C)(C)C)cc(N(c4ccccc4)c4ccccc4)c3n5c21. The van der Waals surface area contributed by atoms with Crippen molar-refractivity contribution in [1.29, 1.82) is 0 Å². The number of anilines is 3. The Morgan fingerprint density at radius 2 is 0.951 bits per heavy atom. The van der Waals surface area contributed by atoms with Gasteiger partial charge < -0.3 is 9.30 Å². The Bertz CT molecular complexity index is 3890. The fraction of sp³-hybridized carbons (Fsp3) is 0.140. The van der Waals surface area contributed by atoms with E-state index in [1.807, 2.05) is 0 Å². The number of pyridine rings is 1. The van der Waals surface area contributed by atoms with Gasteiger partial charge in [0.25, 0.3) is 0 Å². The van der Waals surface area contributed by atoms with Crippen molar-refractivity contribution in [3.63, 3.8) is 0 Å². The molecule has 0 saturated heterocycles. The van der Waals surface area contributed by atoms with Crippen LogP contribution in [0.2, 0.25) is 0 Å². The van der Waals surface area contributed by atoms with Gasteiger partial charge in [-0.2, -0.15) is 0 Å². The third-order valence-corrected chi connectivity index (χ3v) is 13.6. The molecule has 8 aromatic carbocycles. The lowest BCUT2D eigenvalue weighted by Crippen LogP contribution is -2.15. The van der Waals surface area contributed by atoms with Crippen LogP contribution in [0.5, 0.6) is 0 Å². The minimum Gasteiger partial charge on any atom is -0.308 e. The van der Waals surface area contributed by atoms with Gasteiger partial charge in [-0.15, -0.1) is 0 Å². The molecule has 0 saturated carbocycles. The highest BCUT2D eigenvalue weighted by Gasteiger charge is 2.30. The van der Waals surface area contributed by atoms with Crippen LogP contribution in [-0.2, 0) is 10.8 Å². The highest BCUT2D eigenvalue weighted by Crippen LogP contribution is 2.51. The standard InChI is InChI=1S/C57H44N4/c1-56(2,3)35-25-26-46-41(29-35)42-27-33-17-13-15-23-39(33)49-45-32-47-51(58-55(45)61(46)53(42)49)50-40-24-16-14-18-34(40)28-43-44-30-36(57(4,5)6)31-48(52(44)60(47)54(43)50)59(37-19-9-7-10-20-37)38-21-11-8-12-22-38/h7-32H,1-6H3. The first-order chi connectivity index (χ1) is 29.5. The summed E-state index contributed by atoms with van der Waals surface area (Å²) in [4.78, 5) is 8.37. The summed E-state index contributed by atoms with van der Waals surface area (Å²) in [7, 11) is 0. The molecule has 0 amide bonds. The lowest BCUT2D eigenvalue weighted by Gasteiger charge is -2.29. The molecule has 0 atom stereocenters. The van der Waals surface area contributed by atoms with Crippen molar-refractivity contribution in [2.75, 3.05) is 4.90 Å². The molecular weight excluding hydrogens is 741 g/mol. The van der Waals surface area contributed by atoms with Gasteiger partial charge in [0, 0.05) is 49.1 Å². The van der Waals surface area contributed by atoms with Crippen LogP contribution in [0.25, 0.3) is 98.0 Å². The Kier molecular flexibility index (Phi) is 6.69. The van der Waals surface area contributed by atoms with Crippen molar-refractivity contribution in [1.82, 2.24) is 13.8 Å². The maximum atomic E-state index is 5.92. The zero-order chi connectivity index (χ0) is 41.1. The first kappa shape index (κ1) is 34.7. The van der Waals surface area contributed by atoms with E-state index < -0.39 is 0 Å². The van der Waals surface area contributed by atoms with Gasteiger partial charge in [0.1, 0.15) is 5.65 Å². The van der Waals surface area contributed by atoms with Crippen LogP contribution in [0.3, 0.4) is 0 Å². The molecule has 292 valence electrons. The predicted molar refractivity (Wildman–Crippen MR) is 261 cm³/mol. The van der Waals surface area contributed by atoms with E-state index in [9.17, 15) is 0 Å². The highest BCUT2D eigenvalue weighted by atomic mass is 15.2. The topological polar surface area (TPSA) is 24.9 Å². The lowest BCUT2D eigenvalue weighted by molar-refractivity contribution is 0.591. The summed E-state index contributed by atoms with van der Waals surface area (Å²) < 4.78 is 5.04. The second kappa shape index (κ2) is 11.8. The summed E-state index contributed by atoms with van der Waals surface area (Å²) in [5.74, 6) is 0. The number of nitrogens with zero attached hydrogens (tertiary/aromatic N) is 4. The summed E-state index contributed by atoms with van der Waals surface area (Å²) in [5, 5.41) is 13.7. The maximum absolute atomic E-state index is 5.92. The molecule has 4 nitrogen and oxygen atoms in total. The molecular formula is C57H44N4. The van der Waals surface area contributed by atoms with E-state index >= 15 is 0 Å². The molecule has 0 unspecified atom stereocenters. The molecule has 5 aromatic heterocycles. The molecule has 0 bridgehead atoms. The number of hydrogen-bond donors (Lipinski definition) is 0. The Hall–Kier alpha value is -7.17. The molecule has 4 heteroatoms. The number of rotatable bonds is 3. The average molecular weight is 785 g/mol. The second-order valence-electron chi connectivity index (χ2n) is 19.3. The number of hydrogen-bond acceptors (Lipinski definition) is 2. The van der Waals surface area contributed by atoms with Crippen LogP contribution in [0.4, 0.5) is 17.1 Å². The van der Waals surface area contributed by atoms with Crippen molar-refractivity contribution in [2.45, 2.75) is 52.4 Å². The number of aromatic nitrogens is 3. The summed E-state index contributed by atoms with van der Waals surface area (Å²) in [6.07, 6.45) is 0. The molecule has 0 N–H and O–H groups in total. The Labute approximate surface area is 353 Å². The largest absolute Gasteiger partial charge is 0.308 e. The van der Waals surface area contributed by atoms with Crippen molar-refractivity contribution in [3.8, 4) is 0 Å². The number of para-hydroxylation sites is 2. The van der Waals surface area contributed by atoms with Crippen molar-refractivity contribution in [2.24, 2.45) is 0 Å². The van der Waals surface area contributed by atoms with Crippen LogP contribution in [0.15, 0.2) is 158 Å². The van der Waals surface area contributed by atoms with E-state index in [2.05, 4.69) is 213 Å². The average Bonchev–Trinajstić information content (AvgIpc) is 3.98. The molecule has 5 heterocycles. The second-order valence-corrected chi connectivity index (χ2v) is 19.3. The monoisotopic (exact) mass is 784 g/mol. The fourth-order valence-corrected chi connectivity index (χ4v) is 10.6. The predicted octanol–water partition coefficient (Wildman–Crippen LogP) is 15.8. The van der Waals surface area contributed by atoms with Gasteiger partial charge in [0.05, 0.1) is 38.8 Å². The highest BCUT2D eigenvalue weighted by molar-refractivity contribution is 6.35. The first-order valence-corrected chi connectivity index (χ1v) is 21.6. The third kappa shape index (κ3) is 4.62. The van der Waals surface area contributed by atoms with Gasteiger partial charge in [0.2, 0.25) is 0 Å². The van der Waals surface area contributed by atoms with Crippen LogP contribution < -0.4 is 4.90 Å². The van der Waals surface area contributed by atoms with E-state index in [4.69, 9.17) is 4.98 Å². The Morgan fingerprint density at radius 3 is 1.59 bits per heavy atom. The van der Waals surface area contributed by atoms with Crippen LogP contribution in [0, 0.1) is 0 Å². The van der Waals surface area contributed by atoms with Gasteiger partial charge in [-0.05, 0) is 110 Å². The molecule has 0 spiro atoms. The van der Waals surface area contributed by atoms with E-state index in [0.717, 1.165) is 33.7 Å². The summed E-state index contributed by atoms with van der Waals surface area (Å²) in [6, 6.07) is 58.8. The van der Waals surface area contributed by atoms with Crippen LogP contribution in [-0.4, -0.2) is 13.8 Å². The van der Waals surface area contributed by atoms with E-state index in [1.165, 1.54) is 92.4 Å². The third-order valence-electron chi connectivity index (χ3n) is 13.6. The quantitative estimate of drug-likeness (QED) is 0.178. The smallest absolute Gasteiger partial charge is 0.146 e. The van der Waals surface area contributed by atoms with Gasteiger partial charge in [-0.3, -0.25) is 4.40 Å². The summed E-state index contributed by atoms with van der Waals surface area (Å²) in [5.41, 5.74) is 14.0. The maximum Gasteiger partial charge on any atom is 0.146 e. The molecule has 61 heavy (non-hydrogen) atoms. The van der Waals surface area contributed by atoms with Gasteiger partial charge in [-0.25, -0.2) is 4.98 Å². The fourth-order valence-electron chi connectivity index (χ4n) is 10.6. The Morgan fingerprint density at radius 1 is 0.410 bits per heavy atom. The van der Waals surface area contributed by atoms with Crippen molar-refractivity contribution in [3.05, 3.63) is 169 Å². The molecule has 0 radical (unpaired) electrons. The zero-order valence-electron chi connectivity index (χ0n) is 35.3. The minimum atomic E-state index is -0.0931. The van der Waals surface area contributed by atoms with E-state index in [0.29, 0.717) is 0 Å². The molecule has 13 rings (SSSR count). The molecule has 0 fully saturated rings. The lowest BCUT2D eigenvalue weighted by atomic mass is 9.85. The van der Waals surface area contributed by atoms with Crippen LogP contribution in [0.1, 0.15) is 52.7 Å². The normalized spacial score (nSPS) is 13.1. The molecule has 0 aliphatic heterocycles. The minimum absolute atomic E-state index is 0.0302. The first-order valence-electron chi connectivity index (χ1n) is 21.6. The molecule has 13 aromatic rings. The van der Waals surface area contributed by atoms with Gasteiger partial charge in [-0.1, -0.05) is 133 Å². The number of fused-ring (bicyclic) bond motifs is 16. The van der Waals surface area contributed by atoms with Gasteiger partial charge in [0.15, 0.2) is 0 Å². The van der Waals surface area contributed by atoms with E-state index in [1.54, 1.807) is 0 Å².